The van der Waals surface area contributed by atoms with Gasteiger partial charge < -0.3 is 9.47 Å². The molecule has 70 valence electrons. The molecule has 12 heavy (non-hydrogen) atoms. The molecule has 0 aromatic rings. The molecule has 2 aliphatic rings. The Bertz CT molecular complexity index is 139. The van der Waals surface area contributed by atoms with E-state index in [1.54, 1.807) is 14.2 Å². The predicted octanol–water partition coefficient (Wildman–Crippen LogP) is 1.25. The molecular formula is C8H14O2S2. The van der Waals surface area contributed by atoms with Crippen molar-refractivity contribution in [1.82, 2.24) is 0 Å². The average Bonchev–Trinajstić information content (AvgIpc) is 2.85. The van der Waals surface area contributed by atoms with Gasteiger partial charge in [0, 0.05) is 36.2 Å². The molecule has 0 radical (unpaired) electrons. The van der Waals surface area contributed by atoms with Crippen LogP contribution in [0.3, 0.4) is 0 Å². The summed E-state index contributed by atoms with van der Waals surface area (Å²) in [4.78, 5) is 0. The smallest absolute Gasteiger partial charge is 0.0970 e. The fraction of sp³-hybridized carbons (Fsp3) is 1.00. The highest BCUT2D eigenvalue weighted by molar-refractivity contribution is 8.07. The summed E-state index contributed by atoms with van der Waals surface area (Å²) in [7, 11) is 3.59. The zero-order valence-corrected chi connectivity index (χ0v) is 8.99. The van der Waals surface area contributed by atoms with Crippen molar-refractivity contribution in [2.45, 2.75) is 22.7 Å². The van der Waals surface area contributed by atoms with Crippen molar-refractivity contribution in [2.75, 3.05) is 25.7 Å². The van der Waals surface area contributed by atoms with E-state index in [-0.39, 0.29) is 0 Å². The molecule has 0 aromatic carbocycles. The van der Waals surface area contributed by atoms with Crippen molar-refractivity contribution in [1.29, 1.82) is 0 Å². The highest BCUT2D eigenvalue weighted by Gasteiger charge is 2.45. The maximum absolute atomic E-state index is 5.47. The van der Waals surface area contributed by atoms with Crippen LogP contribution in [0.2, 0.25) is 0 Å². The minimum absolute atomic E-state index is 0.319. The zero-order valence-electron chi connectivity index (χ0n) is 7.36. The molecule has 2 nitrogen and oxygen atoms in total. The molecule has 0 amide bonds. The molecule has 2 heterocycles. The van der Waals surface area contributed by atoms with Gasteiger partial charge in [-0.15, -0.1) is 0 Å². The summed E-state index contributed by atoms with van der Waals surface area (Å²) in [5.41, 5.74) is 0. The van der Waals surface area contributed by atoms with Gasteiger partial charge in [-0.2, -0.15) is 23.5 Å². The molecule has 4 unspecified atom stereocenters. The molecule has 0 saturated carbocycles. The summed E-state index contributed by atoms with van der Waals surface area (Å²) < 4.78 is 10.9. The first-order valence-electron chi connectivity index (χ1n) is 4.15. The van der Waals surface area contributed by atoms with Crippen LogP contribution < -0.4 is 0 Å². The van der Waals surface area contributed by atoms with Gasteiger partial charge in [-0.1, -0.05) is 0 Å². The molecule has 0 N–H and O–H groups in total. The van der Waals surface area contributed by atoms with E-state index in [4.69, 9.17) is 9.47 Å². The molecule has 0 aromatic heterocycles. The van der Waals surface area contributed by atoms with Crippen LogP contribution in [0.4, 0.5) is 0 Å². The summed E-state index contributed by atoms with van der Waals surface area (Å²) in [6.07, 6.45) is 0.639. The highest BCUT2D eigenvalue weighted by Crippen LogP contribution is 2.43. The van der Waals surface area contributed by atoms with E-state index >= 15 is 0 Å². The topological polar surface area (TPSA) is 18.5 Å². The Morgan fingerprint density at radius 1 is 1.00 bits per heavy atom. The largest absolute Gasteiger partial charge is 0.378 e. The minimum atomic E-state index is 0.319. The Morgan fingerprint density at radius 3 is 1.50 bits per heavy atom. The van der Waals surface area contributed by atoms with E-state index in [1.807, 2.05) is 23.5 Å². The van der Waals surface area contributed by atoms with Gasteiger partial charge in [0.15, 0.2) is 0 Å². The fourth-order valence-electron chi connectivity index (χ4n) is 1.49. The van der Waals surface area contributed by atoms with E-state index < -0.39 is 0 Å². The van der Waals surface area contributed by atoms with Crippen LogP contribution in [-0.2, 0) is 9.47 Å². The third kappa shape index (κ3) is 1.92. The van der Waals surface area contributed by atoms with Crippen LogP contribution in [0.15, 0.2) is 0 Å². The SMILES string of the molecule is COC(C1CS1)C(OC)C1CS1. The van der Waals surface area contributed by atoms with Crippen molar-refractivity contribution in [3.63, 3.8) is 0 Å². The third-order valence-corrected chi connectivity index (χ3v) is 4.29. The minimum Gasteiger partial charge on any atom is -0.378 e. The van der Waals surface area contributed by atoms with Crippen molar-refractivity contribution in [3.05, 3.63) is 0 Å². The number of rotatable bonds is 5. The fourth-order valence-corrected chi connectivity index (χ4v) is 3.00. The van der Waals surface area contributed by atoms with Gasteiger partial charge in [0.2, 0.25) is 0 Å². The number of ether oxygens (including phenoxy) is 2. The lowest BCUT2D eigenvalue weighted by atomic mass is 10.1. The van der Waals surface area contributed by atoms with Gasteiger partial charge in [0.1, 0.15) is 0 Å². The maximum Gasteiger partial charge on any atom is 0.0970 e. The monoisotopic (exact) mass is 206 g/mol. The lowest BCUT2D eigenvalue weighted by Gasteiger charge is -2.22. The summed E-state index contributed by atoms with van der Waals surface area (Å²) in [6, 6.07) is 0. The highest BCUT2D eigenvalue weighted by atomic mass is 32.2. The predicted molar refractivity (Wildman–Crippen MR) is 54.1 cm³/mol. The maximum atomic E-state index is 5.47. The average molecular weight is 206 g/mol. The Kier molecular flexibility index (Phi) is 2.89. The number of methoxy groups -OCH3 is 2. The molecule has 4 heteroatoms. The molecule has 2 fully saturated rings. The van der Waals surface area contributed by atoms with Crippen molar-refractivity contribution >= 4 is 23.5 Å². The molecule has 0 aliphatic carbocycles. The first-order chi connectivity index (χ1) is 5.86. The Hall–Kier alpha value is 0.620. The first kappa shape index (κ1) is 9.19. The van der Waals surface area contributed by atoms with E-state index in [0.29, 0.717) is 22.7 Å². The van der Waals surface area contributed by atoms with Crippen LogP contribution in [0, 0.1) is 0 Å². The second-order valence-electron chi connectivity index (χ2n) is 3.14. The van der Waals surface area contributed by atoms with E-state index in [0.717, 1.165) is 0 Å². The lowest BCUT2D eigenvalue weighted by Crippen LogP contribution is -2.37. The number of hydrogen-bond donors (Lipinski definition) is 0. The van der Waals surface area contributed by atoms with Crippen molar-refractivity contribution in [2.24, 2.45) is 0 Å². The van der Waals surface area contributed by atoms with Gasteiger partial charge in [-0.3, -0.25) is 0 Å². The van der Waals surface area contributed by atoms with Crippen molar-refractivity contribution < 1.29 is 9.47 Å². The second-order valence-corrected chi connectivity index (χ2v) is 5.69. The van der Waals surface area contributed by atoms with Crippen LogP contribution in [0.25, 0.3) is 0 Å². The molecule has 2 rings (SSSR count). The zero-order chi connectivity index (χ0) is 8.55. The third-order valence-electron chi connectivity index (χ3n) is 2.32. The van der Waals surface area contributed by atoms with Crippen LogP contribution in [0.1, 0.15) is 0 Å². The van der Waals surface area contributed by atoms with Crippen LogP contribution in [0.5, 0.6) is 0 Å². The van der Waals surface area contributed by atoms with E-state index in [2.05, 4.69) is 0 Å². The Labute approximate surface area is 81.8 Å². The summed E-state index contributed by atoms with van der Waals surface area (Å²) in [5, 5.41) is 1.39. The molecule has 2 aliphatic heterocycles. The first-order valence-corrected chi connectivity index (χ1v) is 6.25. The van der Waals surface area contributed by atoms with Crippen molar-refractivity contribution in [3.8, 4) is 0 Å². The van der Waals surface area contributed by atoms with Crippen LogP contribution in [-0.4, -0.2) is 48.4 Å². The molecular weight excluding hydrogens is 192 g/mol. The van der Waals surface area contributed by atoms with Gasteiger partial charge in [-0.25, -0.2) is 0 Å². The molecule has 0 spiro atoms. The summed E-state index contributed by atoms with van der Waals surface area (Å²) in [5.74, 6) is 2.49. The van der Waals surface area contributed by atoms with Crippen LogP contribution >= 0.6 is 23.5 Å². The summed E-state index contributed by atoms with van der Waals surface area (Å²) >= 11 is 3.95. The van der Waals surface area contributed by atoms with Gasteiger partial charge in [0.05, 0.1) is 12.2 Å². The summed E-state index contributed by atoms with van der Waals surface area (Å²) in [6.45, 7) is 0. The van der Waals surface area contributed by atoms with E-state index in [1.165, 1.54) is 11.5 Å². The Morgan fingerprint density at radius 2 is 1.33 bits per heavy atom. The standard InChI is InChI=1S/C8H14O2S2/c1-9-7(5-3-11-5)8(10-2)6-4-12-6/h5-8H,3-4H2,1-2H3. The van der Waals surface area contributed by atoms with E-state index in [9.17, 15) is 0 Å². The normalized spacial score (nSPS) is 37.5. The quantitative estimate of drug-likeness (QED) is 0.630. The van der Waals surface area contributed by atoms with Gasteiger partial charge in [-0.05, 0) is 0 Å². The number of thioether (sulfide) groups is 2. The lowest BCUT2D eigenvalue weighted by molar-refractivity contribution is -0.0256. The molecule has 2 saturated heterocycles. The molecule has 0 bridgehead atoms. The number of hydrogen-bond acceptors (Lipinski definition) is 4. The van der Waals surface area contributed by atoms with Gasteiger partial charge in [0.25, 0.3) is 0 Å². The second kappa shape index (κ2) is 3.78. The van der Waals surface area contributed by atoms with Gasteiger partial charge >= 0.3 is 0 Å². The molecule has 4 atom stereocenters. The Balaban J connectivity index is 1.91.